The molecule has 1 unspecified atom stereocenters. The Bertz CT molecular complexity index is 584. The number of benzene rings is 2. The topological polar surface area (TPSA) is 38.5 Å². The second-order valence-electron chi connectivity index (χ2n) is 5.90. The average molecular weight is 284 g/mol. The van der Waals surface area contributed by atoms with Crippen molar-refractivity contribution >= 4 is 10.8 Å². The fourth-order valence-corrected chi connectivity index (χ4v) is 3.10. The van der Waals surface area contributed by atoms with Crippen LogP contribution in [0, 0.1) is 5.92 Å². The molecule has 1 aliphatic rings. The summed E-state index contributed by atoms with van der Waals surface area (Å²) in [5.74, 6) is 1.63. The van der Waals surface area contributed by atoms with E-state index < -0.39 is 0 Å². The highest BCUT2D eigenvalue weighted by Gasteiger charge is 2.18. The molecular formula is C18H24N2O. The third-order valence-electron chi connectivity index (χ3n) is 4.33. The van der Waals surface area contributed by atoms with Gasteiger partial charge in [0, 0.05) is 13.1 Å². The molecule has 3 nitrogen and oxygen atoms in total. The van der Waals surface area contributed by atoms with Gasteiger partial charge >= 0.3 is 0 Å². The SMILES string of the molecule is NCC1CCCN(CCOc2ccc3ccccc3c2)C1. The van der Waals surface area contributed by atoms with Gasteiger partial charge in [-0.2, -0.15) is 0 Å². The maximum absolute atomic E-state index is 5.91. The van der Waals surface area contributed by atoms with E-state index in [-0.39, 0.29) is 0 Å². The van der Waals surface area contributed by atoms with Crippen molar-refractivity contribution in [3.8, 4) is 5.75 Å². The first-order chi connectivity index (χ1) is 10.3. The van der Waals surface area contributed by atoms with Crippen LogP contribution in [-0.2, 0) is 0 Å². The minimum absolute atomic E-state index is 0.666. The largest absolute Gasteiger partial charge is 0.492 e. The van der Waals surface area contributed by atoms with Crippen LogP contribution in [-0.4, -0.2) is 37.7 Å². The predicted molar refractivity (Wildman–Crippen MR) is 87.7 cm³/mol. The van der Waals surface area contributed by atoms with Gasteiger partial charge in [0.1, 0.15) is 12.4 Å². The van der Waals surface area contributed by atoms with E-state index in [2.05, 4.69) is 47.4 Å². The monoisotopic (exact) mass is 284 g/mol. The molecule has 0 amide bonds. The molecule has 0 aliphatic carbocycles. The molecule has 0 aromatic heterocycles. The number of hydrogen-bond acceptors (Lipinski definition) is 3. The van der Waals surface area contributed by atoms with Gasteiger partial charge in [0.15, 0.2) is 0 Å². The molecule has 3 heteroatoms. The molecule has 2 aromatic rings. The molecule has 1 fully saturated rings. The van der Waals surface area contributed by atoms with Gasteiger partial charge in [-0.15, -0.1) is 0 Å². The highest BCUT2D eigenvalue weighted by molar-refractivity contribution is 5.83. The number of likely N-dealkylation sites (tertiary alicyclic amines) is 1. The first-order valence-electron chi connectivity index (χ1n) is 7.89. The lowest BCUT2D eigenvalue weighted by Gasteiger charge is -2.31. The molecule has 1 heterocycles. The van der Waals surface area contributed by atoms with Gasteiger partial charge in [-0.3, -0.25) is 4.90 Å². The maximum Gasteiger partial charge on any atom is 0.120 e. The Morgan fingerprint density at radius 2 is 2.00 bits per heavy atom. The summed E-state index contributed by atoms with van der Waals surface area (Å²) in [5.41, 5.74) is 5.78. The van der Waals surface area contributed by atoms with Crippen molar-refractivity contribution in [1.29, 1.82) is 0 Å². The second kappa shape index (κ2) is 6.92. The Labute approximate surface area is 126 Å². The third kappa shape index (κ3) is 3.74. The van der Waals surface area contributed by atoms with Crippen molar-refractivity contribution in [2.45, 2.75) is 12.8 Å². The smallest absolute Gasteiger partial charge is 0.120 e. The van der Waals surface area contributed by atoms with Crippen LogP contribution in [0.3, 0.4) is 0 Å². The number of fused-ring (bicyclic) bond motifs is 1. The highest BCUT2D eigenvalue weighted by atomic mass is 16.5. The summed E-state index contributed by atoms with van der Waals surface area (Å²) in [7, 11) is 0. The summed E-state index contributed by atoms with van der Waals surface area (Å²) in [6.45, 7) is 4.84. The summed E-state index contributed by atoms with van der Waals surface area (Å²) >= 11 is 0. The second-order valence-corrected chi connectivity index (χ2v) is 5.90. The van der Waals surface area contributed by atoms with E-state index in [4.69, 9.17) is 10.5 Å². The Kier molecular flexibility index (Phi) is 4.73. The van der Waals surface area contributed by atoms with Crippen molar-refractivity contribution < 1.29 is 4.74 Å². The van der Waals surface area contributed by atoms with Crippen molar-refractivity contribution in [3.05, 3.63) is 42.5 Å². The molecule has 0 spiro atoms. The Balaban J connectivity index is 1.52. The number of nitrogens with zero attached hydrogens (tertiary/aromatic N) is 1. The van der Waals surface area contributed by atoms with Crippen LogP contribution in [0.15, 0.2) is 42.5 Å². The molecule has 3 rings (SSSR count). The van der Waals surface area contributed by atoms with Gasteiger partial charge < -0.3 is 10.5 Å². The van der Waals surface area contributed by atoms with Gasteiger partial charge in [0.05, 0.1) is 0 Å². The van der Waals surface area contributed by atoms with Crippen LogP contribution in [0.25, 0.3) is 10.8 Å². The minimum Gasteiger partial charge on any atom is -0.492 e. The average Bonchev–Trinajstić information content (AvgIpc) is 2.55. The highest BCUT2D eigenvalue weighted by Crippen LogP contribution is 2.21. The minimum atomic E-state index is 0.666. The van der Waals surface area contributed by atoms with Gasteiger partial charge in [-0.05, 0) is 54.8 Å². The zero-order valence-electron chi connectivity index (χ0n) is 12.5. The summed E-state index contributed by atoms with van der Waals surface area (Å²) in [6.07, 6.45) is 2.54. The van der Waals surface area contributed by atoms with E-state index in [1.807, 2.05) is 0 Å². The lowest BCUT2D eigenvalue weighted by atomic mass is 9.98. The quantitative estimate of drug-likeness (QED) is 0.917. The molecule has 21 heavy (non-hydrogen) atoms. The maximum atomic E-state index is 5.91. The van der Waals surface area contributed by atoms with Crippen molar-refractivity contribution in [1.82, 2.24) is 4.90 Å². The van der Waals surface area contributed by atoms with Crippen LogP contribution in [0.5, 0.6) is 5.75 Å². The van der Waals surface area contributed by atoms with E-state index in [1.54, 1.807) is 0 Å². The van der Waals surface area contributed by atoms with Crippen molar-refractivity contribution in [2.24, 2.45) is 11.7 Å². The fraction of sp³-hybridized carbons (Fsp3) is 0.444. The Morgan fingerprint density at radius 1 is 1.14 bits per heavy atom. The van der Waals surface area contributed by atoms with Gasteiger partial charge in [-0.25, -0.2) is 0 Å². The van der Waals surface area contributed by atoms with Crippen LogP contribution in [0.4, 0.5) is 0 Å². The molecule has 0 saturated carbocycles. The Hall–Kier alpha value is -1.58. The number of nitrogens with two attached hydrogens (primary N) is 1. The van der Waals surface area contributed by atoms with Crippen molar-refractivity contribution in [3.63, 3.8) is 0 Å². The molecule has 2 N–H and O–H groups in total. The van der Waals surface area contributed by atoms with Gasteiger partial charge in [-0.1, -0.05) is 30.3 Å². The number of ether oxygens (including phenoxy) is 1. The van der Waals surface area contributed by atoms with E-state index in [0.717, 1.165) is 32.0 Å². The van der Waals surface area contributed by atoms with Crippen molar-refractivity contribution in [2.75, 3.05) is 32.8 Å². The van der Waals surface area contributed by atoms with Gasteiger partial charge in [0.25, 0.3) is 0 Å². The zero-order valence-corrected chi connectivity index (χ0v) is 12.5. The Morgan fingerprint density at radius 3 is 2.86 bits per heavy atom. The molecular weight excluding hydrogens is 260 g/mol. The predicted octanol–water partition coefficient (Wildman–Crippen LogP) is 2.89. The van der Waals surface area contributed by atoms with Crippen LogP contribution < -0.4 is 10.5 Å². The molecule has 2 aromatic carbocycles. The first kappa shape index (κ1) is 14.4. The van der Waals surface area contributed by atoms with E-state index in [0.29, 0.717) is 5.92 Å². The third-order valence-corrected chi connectivity index (χ3v) is 4.33. The molecule has 1 saturated heterocycles. The standard InChI is InChI=1S/C18H24N2O/c19-13-15-4-3-9-20(14-15)10-11-21-18-8-7-16-5-1-2-6-17(16)12-18/h1-2,5-8,12,15H,3-4,9-11,13-14,19H2. The fourth-order valence-electron chi connectivity index (χ4n) is 3.10. The van der Waals surface area contributed by atoms with Gasteiger partial charge in [0.2, 0.25) is 0 Å². The lowest BCUT2D eigenvalue weighted by molar-refractivity contribution is 0.149. The lowest BCUT2D eigenvalue weighted by Crippen LogP contribution is -2.40. The van der Waals surface area contributed by atoms with Crippen LogP contribution in [0.2, 0.25) is 0 Å². The first-order valence-corrected chi connectivity index (χ1v) is 7.89. The summed E-state index contributed by atoms with van der Waals surface area (Å²) < 4.78 is 5.91. The number of rotatable bonds is 5. The van der Waals surface area contributed by atoms with E-state index in [9.17, 15) is 0 Å². The summed E-state index contributed by atoms with van der Waals surface area (Å²) in [4.78, 5) is 2.47. The molecule has 1 atom stereocenters. The zero-order chi connectivity index (χ0) is 14.5. The molecule has 112 valence electrons. The number of piperidine rings is 1. The van der Waals surface area contributed by atoms with E-state index in [1.165, 1.54) is 30.2 Å². The summed E-state index contributed by atoms with van der Waals surface area (Å²) in [6, 6.07) is 14.7. The summed E-state index contributed by atoms with van der Waals surface area (Å²) in [5, 5.41) is 2.49. The molecule has 0 radical (unpaired) electrons. The normalized spacial score (nSPS) is 19.8. The molecule has 1 aliphatic heterocycles. The van der Waals surface area contributed by atoms with E-state index >= 15 is 0 Å². The van der Waals surface area contributed by atoms with Crippen LogP contribution >= 0.6 is 0 Å². The number of hydrogen-bond donors (Lipinski definition) is 1. The molecule has 0 bridgehead atoms. The van der Waals surface area contributed by atoms with Crippen LogP contribution in [0.1, 0.15) is 12.8 Å².